The predicted molar refractivity (Wildman–Crippen MR) is 85.5 cm³/mol. The molecule has 0 aromatic carbocycles. The van der Waals surface area contributed by atoms with Crippen LogP contribution < -0.4 is 5.32 Å². The average Bonchev–Trinajstić information content (AvgIpc) is 2.95. The van der Waals surface area contributed by atoms with Crippen molar-refractivity contribution in [2.45, 2.75) is 52.1 Å². The minimum Gasteiger partial charge on any atom is -0.382 e. The average molecular weight is 297 g/mol. The second-order valence-electron chi connectivity index (χ2n) is 5.25. The minimum absolute atomic E-state index is 0.531. The minimum atomic E-state index is 0.531. The van der Waals surface area contributed by atoms with Crippen molar-refractivity contribution < 1.29 is 9.47 Å². The molecule has 0 aliphatic carbocycles. The second-order valence-corrected chi connectivity index (χ2v) is 5.25. The molecule has 0 aliphatic rings. The first-order valence-corrected chi connectivity index (χ1v) is 8.13. The van der Waals surface area contributed by atoms with Crippen LogP contribution in [0, 0.1) is 0 Å². The summed E-state index contributed by atoms with van der Waals surface area (Å²) in [6.45, 7) is 8.46. The summed E-state index contributed by atoms with van der Waals surface area (Å²) in [6.07, 6.45) is 6.57. The summed E-state index contributed by atoms with van der Waals surface area (Å²) in [7, 11) is 1.69. The van der Waals surface area contributed by atoms with Crippen molar-refractivity contribution >= 4 is 0 Å². The number of aromatic nitrogens is 2. The standard InChI is InChI=1S/C16H31N3O2/c1-4-16(5-2)19-10-8-15(18-19)14-17-9-6-7-11-21-13-12-20-3/h8,10,16-17H,4-7,9,11-14H2,1-3H3. The molecule has 0 saturated heterocycles. The first-order chi connectivity index (χ1) is 10.3. The Bertz CT molecular complexity index is 351. The van der Waals surface area contributed by atoms with Crippen LogP contribution in [0.2, 0.25) is 0 Å². The van der Waals surface area contributed by atoms with Gasteiger partial charge in [0.05, 0.1) is 24.9 Å². The van der Waals surface area contributed by atoms with Crippen LogP contribution in [0.25, 0.3) is 0 Å². The largest absolute Gasteiger partial charge is 0.382 e. The van der Waals surface area contributed by atoms with Crippen molar-refractivity contribution in [1.29, 1.82) is 0 Å². The van der Waals surface area contributed by atoms with E-state index < -0.39 is 0 Å². The predicted octanol–water partition coefficient (Wildman–Crippen LogP) is 2.78. The number of nitrogens with zero attached hydrogens (tertiary/aromatic N) is 2. The molecular weight excluding hydrogens is 266 g/mol. The van der Waals surface area contributed by atoms with Crippen molar-refractivity contribution in [3.63, 3.8) is 0 Å². The number of hydrogen-bond donors (Lipinski definition) is 1. The van der Waals surface area contributed by atoms with Crippen molar-refractivity contribution in [2.75, 3.05) is 33.5 Å². The highest BCUT2D eigenvalue weighted by atomic mass is 16.5. The van der Waals surface area contributed by atoms with Crippen molar-refractivity contribution in [1.82, 2.24) is 15.1 Å². The van der Waals surface area contributed by atoms with Gasteiger partial charge in [-0.1, -0.05) is 13.8 Å². The molecule has 0 spiro atoms. The molecule has 1 heterocycles. The molecule has 0 atom stereocenters. The maximum absolute atomic E-state index is 5.42. The van der Waals surface area contributed by atoms with Gasteiger partial charge in [-0.2, -0.15) is 5.10 Å². The van der Waals surface area contributed by atoms with E-state index in [2.05, 4.69) is 41.2 Å². The highest BCUT2D eigenvalue weighted by Gasteiger charge is 2.07. The summed E-state index contributed by atoms with van der Waals surface area (Å²) >= 11 is 0. The molecule has 0 radical (unpaired) electrons. The van der Waals surface area contributed by atoms with Gasteiger partial charge in [-0.25, -0.2) is 0 Å². The molecule has 1 aromatic rings. The van der Waals surface area contributed by atoms with Crippen molar-refractivity contribution in [3.05, 3.63) is 18.0 Å². The molecule has 5 heteroatoms. The fraction of sp³-hybridized carbons (Fsp3) is 0.812. The molecule has 0 aliphatic heterocycles. The molecular formula is C16H31N3O2. The number of methoxy groups -OCH3 is 1. The third-order valence-corrected chi connectivity index (χ3v) is 3.61. The van der Waals surface area contributed by atoms with Gasteiger partial charge in [0.25, 0.3) is 0 Å². The van der Waals surface area contributed by atoms with Crippen LogP contribution in [0.3, 0.4) is 0 Å². The third kappa shape index (κ3) is 7.60. The van der Waals surface area contributed by atoms with Crippen LogP contribution in [0.4, 0.5) is 0 Å². The number of nitrogens with one attached hydrogen (secondary N) is 1. The molecule has 0 bridgehead atoms. The van der Waals surface area contributed by atoms with E-state index in [0.717, 1.165) is 51.1 Å². The van der Waals surface area contributed by atoms with E-state index in [4.69, 9.17) is 9.47 Å². The summed E-state index contributed by atoms with van der Waals surface area (Å²) in [6, 6.07) is 2.64. The fourth-order valence-corrected chi connectivity index (χ4v) is 2.25. The van der Waals surface area contributed by atoms with Crippen LogP contribution in [0.1, 0.15) is 51.3 Å². The highest BCUT2D eigenvalue weighted by Crippen LogP contribution is 2.14. The monoisotopic (exact) mass is 297 g/mol. The molecule has 0 saturated carbocycles. The van der Waals surface area contributed by atoms with Gasteiger partial charge in [0.1, 0.15) is 0 Å². The van der Waals surface area contributed by atoms with E-state index in [1.165, 1.54) is 0 Å². The fourth-order valence-electron chi connectivity index (χ4n) is 2.25. The highest BCUT2D eigenvalue weighted by molar-refractivity contribution is 4.99. The first-order valence-electron chi connectivity index (χ1n) is 8.13. The zero-order chi connectivity index (χ0) is 15.3. The molecule has 122 valence electrons. The van der Waals surface area contributed by atoms with Gasteiger partial charge >= 0.3 is 0 Å². The maximum atomic E-state index is 5.42. The molecule has 1 N–H and O–H groups in total. The lowest BCUT2D eigenvalue weighted by molar-refractivity contribution is 0.0688. The van der Waals surface area contributed by atoms with Gasteiger partial charge in [-0.05, 0) is 38.3 Å². The Balaban J connectivity index is 2.05. The number of hydrogen-bond acceptors (Lipinski definition) is 4. The lowest BCUT2D eigenvalue weighted by Gasteiger charge is -2.12. The van der Waals surface area contributed by atoms with Gasteiger partial charge in [-0.3, -0.25) is 4.68 Å². The van der Waals surface area contributed by atoms with Crippen molar-refractivity contribution in [3.8, 4) is 0 Å². The molecule has 1 rings (SSSR count). The zero-order valence-electron chi connectivity index (χ0n) is 13.8. The van der Waals surface area contributed by atoms with Crippen molar-refractivity contribution in [2.24, 2.45) is 0 Å². The summed E-state index contributed by atoms with van der Waals surface area (Å²) in [5.74, 6) is 0. The van der Waals surface area contributed by atoms with Gasteiger partial charge in [-0.15, -0.1) is 0 Å². The van der Waals surface area contributed by atoms with Gasteiger partial charge in [0.2, 0.25) is 0 Å². The topological polar surface area (TPSA) is 48.3 Å². The molecule has 1 aromatic heterocycles. The smallest absolute Gasteiger partial charge is 0.0762 e. The molecule has 0 amide bonds. The maximum Gasteiger partial charge on any atom is 0.0762 e. The summed E-state index contributed by atoms with van der Waals surface area (Å²) < 4.78 is 12.4. The molecule has 5 nitrogen and oxygen atoms in total. The molecule has 21 heavy (non-hydrogen) atoms. The number of ether oxygens (including phenoxy) is 2. The van der Waals surface area contributed by atoms with E-state index in [9.17, 15) is 0 Å². The van der Waals surface area contributed by atoms with Crippen LogP contribution in [-0.2, 0) is 16.0 Å². The summed E-state index contributed by atoms with van der Waals surface area (Å²) in [5.41, 5.74) is 1.12. The molecule has 0 unspecified atom stereocenters. The Hall–Kier alpha value is -0.910. The number of rotatable bonds is 13. The van der Waals surface area contributed by atoms with Crippen LogP contribution >= 0.6 is 0 Å². The molecule has 0 fully saturated rings. The van der Waals surface area contributed by atoms with E-state index in [0.29, 0.717) is 19.3 Å². The van der Waals surface area contributed by atoms with E-state index in [1.54, 1.807) is 7.11 Å². The van der Waals surface area contributed by atoms with Crippen LogP contribution in [0.5, 0.6) is 0 Å². The lowest BCUT2D eigenvalue weighted by Crippen LogP contribution is -2.16. The first kappa shape index (κ1) is 18.1. The Morgan fingerprint density at radius 3 is 2.71 bits per heavy atom. The van der Waals surface area contributed by atoms with Gasteiger partial charge in [0, 0.05) is 26.5 Å². The lowest BCUT2D eigenvalue weighted by atomic mass is 10.2. The van der Waals surface area contributed by atoms with E-state index >= 15 is 0 Å². The van der Waals surface area contributed by atoms with Crippen LogP contribution in [-0.4, -0.2) is 43.3 Å². The quantitative estimate of drug-likeness (QED) is 0.569. The van der Waals surface area contributed by atoms with Crippen LogP contribution in [0.15, 0.2) is 12.3 Å². The normalized spacial score (nSPS) is 11.4. The second kappa shape index (κ2) is 11.7. The Labute approximate surface area is 129 Å². The zero-order valence-corrected chi connectivity index (χ0v) is 13.8. The summed E-state index contributed by atoms with van der Waals surface area (Å²) in [5, 5.41) is 8.07. The Morgan fingerprint density at radius 1 is 1.19 bits per heavy atom. The number of unbranched alkanes of at least 4 members (excludes halogenated alkanes) is 1. The Morgan fingerprint density at radius 2 is 2.00 bits per heavy atom. The van der Waals surface area contributed by atoms with E-state index in [1.807, 2.05) is 0 Å². The summed E-state index contributed by atoms with van der Waals surface area (Å²) in [4.78, 5) is 0. The SMILES string of the molecule is CCC(CC)n1ccc(CNCCCCOCCOC)n1. The third-order valence-electron chi connectivity index (χ3n) is 3.61. The van der Waals surface area contributed by atoms with Gasteiger partial charge < -0.3 is 14.8 Å². The Kier molecular flexibility index (Phi) is 10.1. The van der Waals surface area contributed by atoms with Gasteiger partial charge in [0.15, 0.2) is 0 Å². The van der Waals surface area contributed by atoms with E-state index in [-0.39, 0.29) is 0 Å².